The fourth-order valence-corrected chi connectivity index (χ4v) is 3.02. The third-order valence-electron chi connectivity index (χ3n) is 2.92. The van der Waals surface area contributed by atoms with Crippen molar-refractivity contribution in [2.75, 3.05) is 7.11 Å². The number of hydrogen-bond acceptors (Lipinski definition) is 5. The molecule has 0 saturated carbocycles. The van der Waals surface area contributed by atoms with E-state index in [1.54, 1.807) is 30.6 Å². The van der Waals surface area contributed by atoms with Crippen LogP contribution in [0.2, 0.25) is 0 Å². The summed E-state index contributed by atoms with van der Waals surface area (Å²) in [7, 11) is -2.34. The molecular formula is C14H16N2O4S. The number of nitrogens with zero attached hydrogens (tertiary/aromatic N) is 1. The number of aromatic nitrogens is 1. The predicted molar refractivity (Wildman–Crippen MR) is 77.2 cm³/mol. The Hall–Kier alpha value is -1.96. The highest BCUT2D eigenvalue weighted by atomic mass is 32.2. The topological polar surface area (TPSA) is 88.5 Å². The number of nitrogens with one attached hydrogen (secondary N) is 1. The van der Waals surface area contributed by atoms with E-state index in [1.165, 1.54) is 19.2 Å². The van der Waals surface area contributed by atoms with Crippen molar-refractivity contribution in [1.82, 2.24) is 9.71 Å². The molecule has 1 aromatic carbocycles. The molecule has 2 N–H and O–H groups in total. The number of benzene rings is 1. The average Bonchev–Trinajstić information content (AvgIpc) is 2.53. The summed E-state index contributed by atoms with van der Waals surface area (Å²) in [4.78, 5) is 3.88. The SMILES string of the molecule is COc1ccc(CO)cc1S(=O)(=O)NCc1ccncc1. The fraction of sp³-hybridized carbons (Fsp3) is 0.214. The first-order valence-electron chi connectivity index (χ1n) is 6.23. The molecule has 0 unspecified atom stereocenters. The number of methoxy groups -OCH3 is 1. The molecule has 7 heteroatoms. The van der Waals surface area contributed by atoms with Gasteiger partial charge in [-0.1, -0.05) is 6.07 Å². The number of rotatable bonds is 6. The molecular weight excluding hydrogens is 292 g/mol. The molecule has 0 spiro atoms. The van der Waals surface area contributed by atoms with Crippen LogP contribution in [-0.4, -0.2) is 25.6 Å². The lowest BCUT2D eigenvalue weighted by molar-refractivity contribution is 0.281. The summed E-state index contributed by atoms with van der Waals surface area (Å²) in [6.07, 6.45) is 3.19. The Morgan fingerprint density at radius 3 is 2.52 bits per heavy atom. The van der Waals surface area contributed by atoms with E-state index in [4.69, 9.17) is 9.84 Å². The number of hydrogen-bond donors (Lipinski definition) is 2. The predicted octanol–water partition coefficient (Wildman–Crippen LogP) is 1.06. The minimum Gasteiger partial charge on any atom is -0.495 e. The van der Waals surface area contributed by atoms with Crippen LogP contribution in [0.4, 0.5) is 0 Å². The Labute approximate surface area is 123 Å². The van der Waals surface area contributed by atoms with Gasteiger partial charge in [0.15, 0.2) is 0 Å². The van der Waals surface area contributed by atoms with Gasteiger partial charge in [0.2, 0.25) is 10.0 Å². The van der Waals surface area contributed by atoms with E-state index in [-0.39, 0.29) is 23.8 Å². The molecule has 0 aliphatic heterocycles. The van der Waals surface area contributed by atoms with E-state index < -0.39 is 10.0 Å². The minimum atomic E-state index is -3.74. The maximum absolute atomic E-state index is 12.4. The van der Waals surface area contributed by atoms with E-state index in [1.807, 2.05) is 0 Å². The Kier molecular flexibility index (Phi) is 4.89. The van der Waals surface area contributed by atoms with Gasteiger partial charge in [-0.3, -0.25) is 4.98 Å². The third-order valence-corrected chi connectivity index (χ3v) is 4.34. The second-order valence-corrected chi connectivity index (χ2v) is 6.06. The maximum Gasteiger partial charge on any atom is 0.244 e. The monoisotopic (exact) mass is 308 g/mol. The number of aliphatic hydroxyl groups excluding tert-OH is 1. The first kappa shape index (κ1) is 15.4. The maximum atomic E-state index is 12.4. The van der Waals surface area contributed by atoms with E-state index in [2.05, 4.69) is 9.71 Å². The van der Waals surface area contributed by atoms with Gasteiger partial charge in [0.1, 0.15) is 10.6 Å². The van der Waals surface area contributed by atoms with Crippen LogP contribution in [0, 0.1) is 0 Å². The molecule has 0 amide bonds. The minimum absolute atomic E-state index is 0.00519. The van der Waals surface area contributed by atoms with Crippen molar-refractivity contribution < 1.29 is 18.3 Å². The van der Waals surface area contributed by atoms with Crippen LogP contribution < -0.4 is 9.46 Å². The number of pyridine rings is 1. The van der Waals surface area contributed by atoms with Gasteiger partial charge in [-0.2, -0.15) is 0 Å². The van der Waals surface area contributed by atoms with Crippen LogP contribution in [0.3, 0.4) is 0 Å². The van der Waals surface area contributed by atoms with Crippen LogP contribution in [-0.2, 0) is 23.2 Å². The molecule has 112 valence electrons. The lowest BCUT2D eigenvalue weighted by Gasteiger charge is -2.12. The van der Waals surface area contributed by atoms with Gasteiger partial charge in [0.25, 0.3) is 0 Å². The quantitative estimate of drug-likeness (QED) is 0.833. The summed E-state index contributed by atoms with van der Waals surface area (Å²) < 4.78 is 32.3. The van der Waals surface area contributed by atoms with Gasteiger partial charge in [0, 0.05) is 18.9 Å². The summed E-state index contributed by atoms with van der Waals surface area (Å²) in [6.45, 7) is -0.0891. The smallest absolute Gasteiger partial charge is 0.244 e. The molecule has 6 nitrogen and oxygen atoms in total. The van der Waals surface area contributed by atoms with Gasteiger partial charge in [-0.15, -0.1) is 0 Å². The van der Waals surface area contributed by atoms with Gasteiger partial charge < -0.3 is 9.84 Å². The van der Waals surface area contributed by atoms with Crippen molar-refractivity contribution >= 4 is 10.0 Å². The fourth-order valence-electron chi connectivity index (χ4n) is 1.79. The first-order chi connectivity index (χ1) is 10.1. The van der Waals surface area contributed by atoms with Crippen molar-refractivity contribution in [2.45, 2.75) is 18.0 Å². The van der Waals surface area contributed by atoms with Crippen molar-refractivity contribution in [1.29, 1.82) is 0 Å². The van der Waals surface area contributed by atoms with E-state index in [0.29, 0.717) is 5.56 Å². The molecule has 1 heterocycles. The second-order valence-electron chi connectivity index (χ2n) is 4.32. The van der Waals surface area contributed by atoms with Crippen LogP contribution in [0.25, 0.3) is 0 Å². The summed E-state index contributed by atoms with van der Waals surface area (Å²) in [5.74, 6) is 0.231. The number of ether oxygens (including phenoxy) is 1. The summed E-state index contributed by atoms with van der Waals surface area (Å²) in [5.41, 5.74) is 1.30. The van der Waals surface area contributed by atoms with E-state index in [0.717, 1.165) is 5.56 Å². The van der Waals surface area contributed by atoms with Gasteiger partial charge in [-0.25, -0.2) is 13.1 Å². The van der Waals surface area contributed by atoms with E-state index in [9.17, 15) is 8.42 Å². The largest absolute Gasteiger partial charge is 0.495 e. The van der Waals surface area contributed by atoms with Gasteiger partial charge >= 0.3 is 0 Å². The summed E-state index contributed by atoms with van der Waals surface area (Å²) in [6, 6.07) is 7.98. The molecule has 2 rings (SSSR count). The normalized spacial score (nSPS) is 11.3. The lowest BCUT2D eigenvalue weighted by atomic mass is 10.2. The highest BCUT2D eigenvalue weighted by Gasteiger charge is 2.19. The van der Waals surface area contributed by atoms with Crippen LogP contribution in [0.15, 0.2) is 47.6 Å². The van der Waals surface area contributed by atoms with Gasteiger partial charge in [0.05, 0.1) is 13.7 Å². The van der Waals surface area contributed by atoms with Crippen LogP contribution >= 0.6 is 0 Å². The number of sulfonamides is 1. The Morgan fingerprint density at radius 1 is 1.19 bits per heavy atom. The second kappa shape index (κ2) is 6.66. The highest BCUT2D eigenvalue weighted by Crippen LogP contribution is 2.25. The molecule has 2 aromatic rings. The van der Waals surface area contributed by atoms with Crippen molar-refractivity contribution in [3.8, 4) is 5.75 Å². The summed E-state index contributed by atoms with van der Waals surface area (Å²) in [5, 5.41) is 9.14. The third kappa shape index (κ3) is 3.78. The van der Waals surface area contributed by atoms with Crippen molar-refractivity contribution in [2.24, 2.45) is 0 Å². The molecule has 0 bridgehead atoms. The summed E-state index contributed by atoms with van der Waals surface area (Å²) >= 11 is 0. The van der Waals surface area contributed by atoms with Crippen LogP contribution in [0.1, 0.15) is 11.1 Å². The Balaban J connectivity index is 2.26. The number of aliphatic hydroxyl groups is 1. The standard InChI is InChI=1S/C14H16N2O4S/c1-20-13-3-2-12(10-17)8-14(13)21(18,19)16-9-11-4-6-15-7-5-11/h2-8,16-17H,9-10H2,1H3. The highest BCUT2D eigenvalue weighted by molar-refractivity contribution is 7.89. The zero-order valence-electron chi connectivity index (χ0n) is 11.5. The lowest BCUT2D eigenvalue weighted by Crippen LogP contribution is -2.24. The van der Waals surface area contributed by atoms with Crippen LogP contribution in [0.5, 0.6) is 5.75 Å². The zero-order valence-corrected chi connectivity index (χ0v) is 12.3. The van der Waals surface area contributed by atoms with E-state index >= 15 is 0 Å². The molecule has 0 atom stereocenters. The Morgan fingerprint density at radius 2 is 1.90 bits per heavy atom. The molecule has 21 heavy (non-hydrogen) atoms. The average molecular weight is 308 g/mol. The molecule has 0 aliphatic rings. The van der Waals surface area contributed by atoms with Crippen molar-refractivity contribution in [3.05, 3.63) is 53.9 Å². The molecule has 0 fully saturated rings. The molecule has 0 saturated heterocycles. The first-order valence-corrected chi connectivity index (χ1v) is 7.71. The molecule has 0 aliphatic carbocycles. The Bertz CT molecular complexity index is 702. The van der Waals surface area contributed by atoms with Crippen molar-refractivity contribution in [3.63, 3.8) is 0 Å². The molecule has 1 aromatic heterocycles. The zero-order chi connectivity index (χ0) is 15.3. The van der Waals surface area contributed by atoms with Gasteiger partial charge in [-0.05, 0) is 35.4 Å². The molecule has 0 radical (unpaired) electrons.